The number of nitrogens with zero attached hydrogens (tertiary/aromatic N) is 1. The number of Topliss-reactive ketones (excluding diaryl/α,β-unsaturated/α-hetero) is 2. The maximum atomic E-state index is 15.0. The number of nitrogens with one attached hydrogen (secondary N) is 1. The van der Waals surface area contributed by atoms with Gasteiger partial charge in [0.05, 0.1) is 12.0 Å². The third-order valence-corrected chi connectivity index (χ3v) is 9.63. The molecular weight excluding hydrogens is 600 g/mol. The Morgan fingerprint density at radius 2 is 1.51 bits per heavy atom. The van der Waals surface area contributed by atoms with Gasteiger partial charge < -0.3 is 10.2 Å². The molecule has 0 aromatic heterocycles. The Morgan fingerprint density at radius 3 is 2.26 bits per heavy atom. The highest BCUT2D eigenvalue weighted by Crippen LogP contribution is 2.58. The highest BCUT2D eigenvalue weighted by Gasteiger charge is 2.70. The van der Waals surface area contributed by atoms with Crippen molar-refractivity contribution in [1.82, 2.24) is 0 Å². The fraction of sp³-hybridized carbons (Fsp3) is 0.216. The topological polar surface area (TPSA) is 66.5 Å². The second-order valence-electron chi connectivity index (χ2n) is 12.1. The molecule has 1 fully saturated rings. The number of amides is 1. The molecule has 3 aliphatic rings. The van der Waals surface area contributed by atoms with Crippen LogP contribution in [-0.2, 0) is 16.6 Å². The predicted octanol–water partition coefficient (Wildman–Crippen LogP) is 7.50. The molecule has 0 radical (unpaired) electrons. The van der Waals surface area contributed by atoms with Crippen molar-refractivity contribution in [2.45, 2.75) is 37.8 Å². The summed E-state index contributed by atoms with van der Waals surface area (Å²) in [7, 11) is 0. The third kappa shape index (κ3) is 4.22. The number of hydrogen-bond acceptors (Lipinski definition) is 4. The highest BCUT2D eigenvalue weighted by molar-refractivity contribution is 9.10. The van der Waals surface area contributed by atoms with Gasteiger partial charge in [0, 0.05) is 27.0 Å². The minimum Gasteiger partial charge on any atom is -0.352 e. The summed E-state index contributed by atoms with van der Waals surface area (Å²) in [6.07, 6.45) is 4.92. The van der Waals surface area contributed by atoms with Gasteiger partial charge in [0.1, 0.15) is 11.5 Å². The summed E-state index contributed by atoms with van der Waals surface area (Å²) in [5, 5.41) is 3.09. The van der Waals surface area contributed by atoms with Gasteiger partial charge in [-0.05, 0) is 53.3 Å². The van der Waals surface area contributed by atoms with Crippen molar-refractivity contribution in [2.24, 2.45) is 11.8 Å². The molecule has 214 valence electrons. The Balaban J connectivity index is 1.48. The van der Waals surface area contributed by atoms with Crippen LogP contribution in [0, 0.1) is 11.8 Å². The van der Waals surface area contributed by atoms with E-state index in [9.17, 15) is 14.4 Å². The molecule has 4 aromatic rings. The summed E-state index contributed by atoms with van der Waals surface area (Å²) in [5.74, 6) is -1.16. The van der Waals surface area contributed by atoms with Crippen LogP contribution in [0.1, 0.15) is 51.3 Å². The number of anilines is 2. The van der Waals surface area contributed by atoms with Crippen molar-refractivity contribution >= 4 is 50.9 Å². The molecule has 7 rings (SSSR count). The maximum absolute atomic E-state index is 15.0. The molecule has 1 amide bonds. The zero-order valence-electron chi connectivity index (χ0n) is 24.0. The zero-order valence-corrected chi connectivity index (χ0v) is 25.5. The first-order valence-corrected chi connectivity index (χ1v) is 15.5. The molecule has 43 heavy (non-hydrogen) atoms. The molecule has 1 saturated heterocycles. The van der Waals surface area contributed by atoms with Crippen LogP contribution in [0.5, 0.6) is 0 Å². The fourth-order valence-electron chi connectivity index (χ4n) is 7.36. The van der Waals surface area contributed by atoms with Crippen LogP contribution in [0.2, 0.25) is 0 Å². The second-order valence-corrected chi connectivity index (χ2v) is 13.0. The standard InChI is InChI=1S/C37H31BrN2O3/c1-22(2)21-23-11-13-25(14-12-23)34(41)32-33(35(42)26-15-18-27(38)19-16-26)40-30-10-6-3-7-24(30)17-20-31(40)37(32)28-8-4-5-9-29(28)39-36(37)43/h3-20,22,31-33H,21H2,1-2H3,(H,39,43)/t31-,32-,33-,37+/m1/s1. The number of carbonyl (C=O) groups excluding carboxylic acids is 3. The van der Waals surface area contributed by atoms with Crippen molar-refractivity contribution in [3.8, 4) is 0 Å². The van der Waals surface area contributed by atoms with Gasteiger partial charge >= 0.3 is 0 Å². The Labute approximate surface area is 259 Å². The molecule has 0 aliphatic carbocycles. The van der Waals surface area contributed by atoms with Gasteiger partial charge in [0.15, 0.2) is 11.6 Å². The summed E-state index contributed by atoms with van der Waals surface area (Å²) in [6, 6.07) is 28.9. The number of ketones is 2. The van der Waals surface area contributed by atoms with E-state index < -0.39 is 23.4 Å². The number of hydrogen-bond donors (Lipinski definition) is 1. The summed E-state index contributed by atoms with van der Waals surface area (Å²) >= 11 is 3.48. The second kappa shape index (κ2) is 10.5. The van der Waals surface area contributed by atoms with Gasteiger partial charge in [-0.3, -0.25) is 14.4 Å². The van der Waals surface area contributed by atoms with Gasteiger partial charge in [0.2, 0.25) is 5.91 Å². The van der Waals surface area contributed by atoms with Crippen LogP contribution >= 0.6 is 15.9 Å². The molecule has 5 nitrogen and oxygen atoms in total. The lowest BCUT2D eigenvalue weighted by molar-refractivity contribution is -0.121. The van der Waals surface area contributed by atoms with E-state index in [0.29, 0.717) is 22.7 Å². The third-order valence-electron chi connectivity index (χ3n) is 9.10. The summed E-state index contributed by atoms with van der Waals surface area (Å²) in [5.41, 5.74) is 4.04. The average Bonchev–Trinajstić information content (AvgIpc) is 3.49. The smallest absolute Gasteiger partial charge is 0.238 e. The van der Waals surface area contributed by atoms with E-state index in [-0.39, 0.29) is 17.5 Å². The molecule has 6 heteroatoms. The number of rotatable bonds is 6. The van der Waals surface area contributed by atoms with E-state index in [1.54, 1.807) is 12.1 Å². The van der Waals surface area contributed by atoms with Crippen molar-refractivity contribution in [3.63, 3.8) is 0 Å². The van der Waals surface area contributed by atoms with Crippen LogP contribution in [0.4, 0.5) is 11.4 Å². The minimum absolute atomic E-state index is 0.188. The van der Waals surface area contributed by atoms with E-state index in [1.165, 1.54) is 0 Å². The van der Waals surface area contributed by atoms with Crippen molar-refractivity contribution < 1.29 is 14.4 Å². The Hall–Kier alpha value is -4.29. The Kier molecular flexibility index (Phi) is 6.70. The number of para-hydroxylation sites is 2. The molecule has 3 heterocycles. The number of benzene rings is 4. The largest absolute Gasteiger partial charge is 0.352 e. The van der Waals surface area contributed by atoms with Crippen LogP contribution in [0.15, 0.2) is 108 Å². The molecule has 1 N–H and O–H groups in total. The van der Waals surface area contributed by atoms with Gasteiger partial charge in [-0.15, -0.1) is 0 Å². The summed E-state index contributed by atoms with van der Waals surface area (Å²) in [4.78, 5) is 46.2. The monoisotopic (exact) mass is 630 g/mol. The van der Waals surface area contributed by atoms with Crippen LogP contribution in [0.25, 0.3) is 6.08 Å². The molecule has 0 saturated carbocycles. The Morgan fingerprint density at radius 1 is 0.860 bits per heavy atom. The molecule has 4 atom stereocenters. The van der Waals surface area contributed by atoms with Gasteiger partial charge in [-0.25, -0.2) is 0 Å². The minimum atomic E-state index is -1.32. The van der Waals surface area contributed by atoms with Crippen molar-refractivity contribution in [3.05, 3.63) is 135 Å². The molecule has 3 aliphatic heterocycles. The quantitative estimate of drug-likeness (QED) is 0.224. The Bertz CT molecular complexity index is 1790. The molecule has 0 bridgehead atoms. The van der Waals surface area contributed by atoms with Gasteiger partial charge in [-0.2, -0.15) is 0 Å². The number of fused-ring (bicyclic) bond motifs is 6. The van der Waals surface area contributed by atoms with E-state index in [0.717, 1.165) is 33.3 Å². The molecule has 0 unspecified atom stereocenters. The summed E-state index contributed by atoms with van der Waals surface area (Å²) in [6.45, 7) is 4.33. The first-order valence-electron chi connectivity index (χ1n) is 14.7. The van der Waals surface area contributed by atoms with Gasteiger partial charge in [-0.1, -0.05) is 115 Å². The fourth-order valence-corrected chi connectivity index (χ4v) is 7.63. The lowest BCUT2D eigenvalue weighted by Crippen LogP contribution is -2.51. The van der Waals surface area contributed by atoms with Crippen molar-refractivity contribution in [1.29, 1.82) is 0 Å². The predicted molar refractivity (Wildman–Crippen MR) is 174 cm³/mol. The molecule has 4 aromatic carbocycles. The average molecular weight is 632 g/mol. The number of carbonyl (C=O) groups is 3. The van der Waals surface area contributed by atoms with Crippen LogP contribution in [-0.4, -0.2) is 29.6 Å². The lowest BCUT2D eigenvalue weighted by atomic mass is 9.64. The summed E-state index contributed by atoms with van der Waals surface area (Å²) < 4.78 is 0.856. The van der Waals surface area contributed by atoms with Crippen LogP contribution < -0.4 is 10.2 Å². The van der Waals surface area contributed by atoms with Gasteiger partial charge in [0.25, 0.3) is 0 Å². The maximum Gasteiger partial charge on any atom is 0.238 e. The number of halogens is 1. The molecule has 1 spiro atoms. The van der Waals surface area contributed by atoms with Crippen LogP contribution in [0.3, 0.4) is 0 Å². The SMILES string of the molecule is CC(C)Cc1ccc(C(=O)[C@H]2[C@H](C(=O)c3ccc(Br)cc3)N3c4ccccc4C=C[C@@H]3[C@]23C(=O)Nc2ccccc23)cc1. The van der Waals surface area contributed by atoms with E-state index >= 15 is 0 Å². The van der Waals surface area contributed by atoms with E-state index in [4.69, 9.17) is 0 Å². The zero-order chi connectivity index (χ0) is 29.9. The van der Waals surface area contributed by atoms with E-state index in [1.807, 2.05) is 102 Å². The first-order chi connectivity index (χ1) is 20.8. The highest BCUT2D eigenvalue weighted by atomic mass is 79.9. The van der Waals surface area contributed by atoms with E-state index in [2.05, 4.69) is 35.1 Å². The normalized spacial score (nSPS) is 23.2. The molecular formula is C37H31BrN2O3. The van der Waals surface area contributed by atoms with Crippen molar-refractivity contribution in [2.75, 3.05) is 10.2 Å². The first kappa shape index (κ1) is 27.5. The lowest BCUT2D eigenvalue weighted by Gasteiger charge is -2.37.